The van der Waals surface area contributed by atoms with Crippen LogP contribution in [0.15, 0.2) is 78.9 Å². The zero-order chi connectivity index (χ0) is 26.0. The van der Waals surface area contributed by atoms with Gasteiger partial charge < -0.3 is 15.0 Å². The number of nitrogens with one attached hydrogen (secondary N) is 1. The van der Waals surface area contributed by atoms with Gasteiger partial charge in [0.2, 0.25) is 5.91 Å². The van der Waals surface area contributed by atoms with E-state index in [0.717, 1.165) is 42.4 Å². The van der Waals surface area contributed by atoms with Crippen molar-refractivity contribution in [3.8, 4) is 5.75 Å². The van der Waals surface area contributed by atoms with E-state index < -0.39 is 11.9 Å². The van der Waals surface area contributed by atoms with Gasteiger partial charge in [-0.1, -0.05) is 91.6 Å². The van der Waals surface area contributed by atoms with Crippen molar-refractivity contribution in [2.45, 2.75) is 64.1 Å². The number of para-hydroxylation sites is 1. The van der Waals surface area contributed by atoms with Gasteiger partial charge in [0.1, 0.15) is 6.04 Å². The third-order valence-electron chi connectivity index (χ3n) is 6.88. The molecule has 3 aromatic carbocycles. The van der Waals surface area contributed by atoms with E-state index in [0.29, 0.717) is 6.42 Å². The van der Waals surface area contributed by atoms with Crippen LogP contribution < -0.4 is 10.1 Å². The first-order chi connectivity index (χ1) is 18.0. The van der Waals surface area contributed by atoms with Gasteiger partial charge in [0.15, 0.2) is 18.2 Å². The molecule has 1 aliphatic carbocycles. The minimum atomic E-state index is -0.734. The predicted octanol–water partition coefficient (Wildman–Crippen LogP) is 5.60. The van der Waals surface area contributed by atoms with Crippen molar-refractivity contribution in [3.05, 3.63) is 101 Å². The molecule has 6 heteroatoms. The number of hydrogen-bond donors (Lipinski definition) is 1. The summed E-state index contributed by atoms with van der Waals surface area (Å²) >= 11 is 0. The van der Waals surface area contributed by atoms with Crippen LogP contribution in [0, 0.1) is 12.7 Å². The Morgan fingerprint density at radius 3 is 2.30 bits per heavy atom. The summed E-state index contributed by atoms with van der Waals surface area (Å²) < 4.78 is 19.7. The Morgan fingerprint density at radius 1 is 0.919 bits per heavy atom. The van der Waals surface area contributed by atoms with Crippen molar-refractivity contribution >= 4 is 11.8 Å². The lowest BCUT2D eigenvalue weighted by atomic mass is 9.94. The summed E-state index contributed by atoms with van der Waals surface area (Å²) in [5.41, 5.74) is 2.98. The molecule has 0 aliphatic heterocycles. The number of carbonyl (C=O) groups is 2. The van der Waals surface area contributed by atoms with Crippen LogP contribution in [0.1, 0.15) is 48.8 Å². The number of hydrogen-bond acceptors (Lipinski definition) is 3. The number of rotatable bonds is 10. The van der Waals surface area contributed by atoms with Crippen LogP contribution in [0.5, 0.6) is 5.75 Å². The van der Waals surface area contributed by atoms with Crippen molar-refractivity contribution in [2.24, 2.45) is 0 Å². The highest BCUT2D eigenvalue weighted by atomic mass is 19.1. The van der Waals surface area contributed by atoms with E-state index in [-0.39, 0.29) is 36.8 Å². The van der Waals surface area contributed by atoms with E-state index in [1.54, 1.807) is 17.0 Å². The number of benzene rings is 3. The van der Waals surface area contributed by atoms with Gasteiger partial charge in [-0.3, -0.25) is 9.59 Å². The van der Waals surface area contributed by atoms with Crippen molar-refractivity contribution < 1.29 is 18.7 Å². The first kappa shape index (κ1) is 26.4. The fraction of sp³-hybridized carbons (Fsp3) is 0.355. The highest BCUT2D eigenvalue weighted by molar-refractivity contribution is 5.88. The van der Waals surface area contributed by atoms with Crippen molar-refractivity contribution in [1.82, 2.24) is 10.2 Å². The number of nitrogens with zero attached hydrogens (tertiary/aromatic N) is 1. The largest absolute Gasteiger partial charge is 0.481 e. The monoisotopic (exact) mass is 502 g/mol. The molecule has 194 valence electrons. The zero-order valence-electron chi connectivity index (χ0n) is 21.4. The molecule has 1 aliphatic rings. The Bertz CT molecular complexity index is 1160. The predicted molar refractivity (Wildman–Crippen MR) is 143 cm³/mol. The second kappa shape index (κ2) is 13.0. The average molecular weight is 503 g/mol. The van der Waals surface area contributed by atoms with Gasteiger partial charge in [-0.05, 0) is 43.0 Å². The van der Waals surface area contributed by atoms with Crippen LogP contribution in [0.25, 0.3) is 0 Å². The van der Waals surface area contributed by atoms with Crippen LogP contribution in [-0.4, -0.2) is 35.4 Å². The van der Waals surface area contributed by atoms with E-state index in [1.807, 2.05) is 61.5 Å². The lowest BCUT2D eigenvalue weighted by Crippen LogP contribution is -2.53. The second-order valence-electron chi connectivity index (χ2n) is 9.78. The van der Waals surface area contributed by atoms with Gasteiger partial charge in [-0.15, -0.1) is 0 Å². The Morgan fingerprint density at radius 2 is 1.59 bits per heavy atom. The molecule has 0 bridgehead atoms. The number of halogens is 1. The molecule has 1 atom stereocenters. The standard InChI is InChI=1S/C31H35FN2O3/c1-23-16-18-25(19-17-23)21-34(30(35)22-37-29-15-9-8-14-27(29)32)28(20-24-10-4-2-5-11-24)31(36)33-26-12-6-3-7-13-26/h2,4-5,8-11,14-19,26,28H,3,6-7,12-13,20-22H2,1H3,(H,33,36). The third kappa shape index (κ3) is 7.66. The first-order valence-corrected chi connectivity index (χ1v) is 13.1. The average Bonchev–Trinajstić information content (AvgIpc) is 2.92. The second-order valence-corrected chi connectivity index (χ2v) is 9.78. The van der Waals surface area contributed by atoms with Gasteiger partial charge in [-0.25, -0.2) is 4.39 Å². The van der Waals surface area contributed by atoms with Gasteiger partial charge >= 0.3 is 0 Å². The summed E-state index contributed by atoms with van der Waals surface area (Å²) in [6.07, 6.45) is 5.65. The first-order valence-electron chi connectivity index (χ1n) is 13.1. The molecule has 5 nitrogen and oxygen atoms in total. The van der Waals surface area contributed by atoms with E-state index >= 15 is 0 Å². The Labute approximate surface area is 218 Å². The molecule has 0 aromatic heterocycles. The lowest BCUT2D eigenvalue weighted by Gasteiger charge is -2.33. The molecular weight excluding hydrogens is 467 g/mol. The summed E-state index contributed by atoms with van der Waals surface area (Å²) in [7, 11) is 0. The molecule has 1 saturated carbocycles. The molecule has 0 saturated heterocycles. The quantitative estimate of drug-likeness (QED) is 0.393. The van der Waals surface area contributed by atoms with E-state index in [9.17, 15) is 14.0 Å². The number of amides is 2. The number of carbonyl (C=O) groups excluding carboxylic acids is 2. The minimum Gasteiger partial charge on any atom is -0.481 e. The highest BCUT2D eigenvalue weighted by Gasteiger charge is 2.32. The van der Waals surface area contributed by atoms with Crippen molar-refractivity contribution in [2.75, 3.05) is 6.61 Å². The molecule has 4 rings (SSSR count). The van der Waals surface area contributed by atoms with Crippen LogP contribution in [0.4, 0.5) is 4.39 Å². The smallest absolute Gasteiger partial charge is 0.261 e. The van der Waals surface area contributed by atoms with Crippen LogP contribution in [0.3, 0.4) is 0 Å². The molecule has 2 amide bonds. The van der Waals surface area contributed by atoms with Crippen LogP contribution in [0.2, 0.25) is 0 Å². The molecule has 1 fully saturated rings. The molecule has 0 spiro atoms. The molecule has 1 unspecified atom stereocenters. The molecule has 37 heavy (non-hydrogen) atoms. The third-order valence-corrected chi connectivity index (χ3v) is 6.88. The lowest BCUT2D eigenvalue weighted by molar-refractivity contribution is -0.143. The van der Waals surface area contributed by atoms with Gasteiger partial charge in [0.05, 0.1) is 0 Å². The normalized spacial score (nSPS) is 14.5. The molecule has 0 radical (unpaired) electrons. The fourth-order valence-electron chi connectivity index (χ4n) is 4.77. The molecule has 1 N–H and O–H groups in total. The van der Waals surface area contributed by atoms with Crippen molar-refractivity contribution in [1.29, 1.82) is 0 Å². The highest BCUT2D eigenvalue weighted by Crippen LogP contribution is 2.21. The minimum absolute atomic E-state index is 0.0115. The number of aryl methyl sites for hydroxylation is 1. The maximum atomic E-state index is 14.1. The van der Waals surface area contributed by atoms with Crippen LogP contribution in [-0.2, 0) is 22.6 Å². The Kier molecular flexibility index (Phi) is 9.30. The topological polar surface area (TPSA) is 58.6 Å². The molecular formula is C31H35FN2O3. The SMILES string of the molecule is Cc1ccc(CN(C(=O)COc2ccccc2F)C(Cc2ccccc2)C(=O)NC2CCCCC2)cc1. The van der Waals surface area contributed by atoms with E-state index in [4.69, 9.17) is 4.74 Å². The maximum absolute atomic E-state index is 14.1. The summed E-state index contributed by atoms with van der Waals surface area (Å²) in [4.78, 5) is 28.9. The summed E-state index contributed by atoms with van der Waals surface area (Å²) in [5.74, 6) is -1.06. The Hall–Kier alpha value is -3.67. The molecule has 3 aromatic rings. The van der Waals surface area contributed by atoms with Crippen molar-refractivity contribution in [3.63, 3.8) is 0 Å². The number of ether oxygens (including phenoxy) is 1. The van der Waals surface area contributed by atoms with Gasteiger partial charge in [0.25, 0.3) is 5.91 Å². The maximum Gasteiger partial charge on any atom is 0.261 e. The van der Waals surface area contributed by atoms with Gasteiger partial charge in [-0.2, -0.15) is 0 Å². The fourth-order valence-corrected chi connectivity index (χ4v) is 4.77. The summed E-state index contributed by atoms with van der Waals surface area (Å²) in [6, 6.07) is 23.0. The Balaban J connectivity index is 1.61. The van der Waals surface area contributed by atoms with E-state index in [1.165, 1.54) is 18.6 Å². The van der Waals surface area contributed by atoms with Crippen LogP contribution >= 0.6 is 0 Å². The zero-order valence-corrected chi connectivity index (χ0v) is 21.4. The van der Waals surface area contributed by atoms with Gasteiger partial charge in [0, 0.05) is 19.0 Å². The molecule has 0 heterocycles. The van der Waals surface area contributed by atoms with E-state index in [2.05, 4.69) is 5.32 Å². The summed E-state index contributed by atoms with van der Waals surface area (Å²) in [6.45, 7) is 1.88. The summed E-state index contributed by atoms with van der Waals surface area (Å²) in [5, 5.41) is 3.22.